The Morgan fingerprint density at radius 2 is 2.13 bits per heavy atom. The number of nitrogens with zero attached hydrogens (tertiary/aromatic N) is 2. The van der Waals surface area contributed by atoms with Crippen molar-refractivity contribution in [3.63, 3.8) is 0 Å². The van der Waals surface area contributed by atoms with E-state index in [1.165, 1.54) is 6.92 Å². The summed E-state index contributed by atoms with van der Waals surface area (Å²) in [6.07, 6.45) is 5.41. The van der Waals surface area contributed by atoms with Gasteiger partial charge in [0.25, 0.3) is 10.1 Å². The quantitative estimate of drug-likeness (QED) is 0.658. The lowest BCUT2D eigenvalue weighted by Gasteiger charge is -2.17. The molecule has 1 heterocycles. The van der Waals surface area contributed by atoms with E-state index >= 15 is 0 Å². The first-order chi connectivity index (χ1) is 6.99. The van der Waals surface area contributed by atoms with Gasteiger partial charge < -0.3 is 10.0 Å². The fourth-order valence-corrected chi connectivity index (χ4v) is 0.701. The molecule has 0 aromatic rings. The molecule has 6 nitrogen and oxygen atoms in total. The third-order valence-electron chi connectivity index (χ3n) is 1.54. The Labute approximate surface area is 89.7 Å². The number of rotatable bonds is 3. The number of aliphatic hydroxyl groups excluding tert-OH is 1. The highest BCUT2D eigenvalue weighted by Crippen LogP contribution is 1.92. The van der Waals surface area contributed by atoms with Crippen molar-refractivity contribution in [3.8, 4) is 0 Å². The molecule has 15 heavy (non-hydrogen) atoms. The number of β-amino-alcohol motifs (C(OH)–C–C–N with tert-alkyl or cyclic N) is 1. The SMILES string of the molecule is CCS(=O)(=O)O.OCCN1C=CN=CC1. The van der Waals surface area contributed by atoms with E-state index in [0.717, 1.165) is 6.54 Å². The van der Waals surface area contributed by atoms with Gasteiger partial charge in [-0.1, -0.05) is 0 Å². The van der Waals surface area contributed by atoms with Gasteiger partial charge in [0.1, 0.15) is 0 Å². The minimum absolute atomic E-state index is 0.201. The first-order valence-corrected chi connectivity index (χ1v) is 6.09. The predicted molar refractivity (Wildman–Crippen MR) is 58.4 cm³/mol. The molecule has 0 aliphatic carbocycles. The summed E-state index contributed by atoms with van der Waals surface area (Å²) in [6, 6.07) is 0. The highest BCUT2D eigenvalue weighted by atomic mass is 32.2. The Balaban J connectivity index is 0.000000288. The average molecular weight is 236 g/mol. The molecule has 0 atom stereocenters. The Kier molecular flexibility index (Phi) is 6.93. The van der Waals surface area contributed by atoms with Gasteiger partial charge in [-0.25, -0.2) is 0 Å². The van der Waals surface area contributed by atoms with Crippen LogP contribution in [0.4, 0.5) is 0 Å². The van der Waals surface area contributed by atoms with E-state index in [9.17, 15) is 8.42 Å². The molecule has 1 aliphatic rings. The third-order valence-corrected chi connectivity index (χ3v) is 2.27. The monoisotopic (exact) mass is 236 g/mol. The Hall–Kier alpha value is -0.920. The molecule has 88 valence electrons. The van der Waals surface area contributed by atoms with Crippen molar-refractivity contribution < 1.29 is 18.1 Å². The van der Waals surface area contributed by atoms with Gasteiger partial charge >= 0.3 is 0 Å². The van der Waals surface area contributed by atoms with Crippen molar-refractivity contribution in [3.05, 3.63) is 12.4 Å². The molecule has 2 N–H and O–H groups in total. The third kappa shape index (κ3) is 9.39. The van der Waals surface area contributed by atoms with Crippen LogP contribution >= 0.6 is 0 Å². The number of aliphatic imine (C=N–C) groups is 1. The molecule has 7 heteroatoms. The van der Waals surface area contributed by atoms with Gasteiger partial charge in [0.05, 0.1) is 18.9 Å². The summed E-state index contributed by atoms with van der Waals surface area (Å²) >= 11 is 0. The van der Waals surface area contributed by atoms with Crippen LogP contribution in [0.1, 0.15) is 6.92 Å². The van der Waals surface area contributed by atoms with Crippen molar-refractivity contribution in [2.75, 3.05) is 25.4 Å². The fraction of sp³-hybridized carbons (Fsp3) is 0.625. The van der Waals surface area contributed by atoms with E-state index in [4.69, 9.17) is 9.66 Å². The largest absolute Gasteiger partial charge is 0.395 e. The van der Waals surface area contributed by atoms with Gasteiger partial charge in [0.15, 0.2) is 0 Å². The van der Waals surface area contributed by atoms with Crippen LogP contribution in [0.2, 0.25) is 0 Å². The summed E-state index contributed by atoms with van der Waals surface area (Å²) in [5, 5.41) is 8.50. The summed E-state index contributed by atoms with van der Waals surface area (Å²) in [4.78, 5) is 5.87. The summed E-state index contributed by atoms with van der Waals surface area (Å²) in [5.41, 5.74) is 0. The second kappa shape index (κ2) is 7.38. The lowest BCUT2D eigenvalue weighted by atomic mass is 10.5. The van der Waals surface area contributed by atoms with Crippen LogP contribution in [0.25, 0.3) is 0 Å². The second-order valence-electron chi connectivity index (χ2n) is 2.72. The molecule has 0 saturated carbocycles. The maximum atomic E-state index is 9.56. The maximum Gasteiger partial charge on any atom is 0.264 e. The number of hydrogen-bond acceptors (Lipinski definition) is 5. The molecule has 0 radical (unpaired) electrons. The summed E-state index contributed by atoms with van der Waals surface area (Å²) in [7, 11) is -3.66. The van der Waals surface area contributed by atoms with Gasteiger partial charge in [-0.05, 0) is 6.92 Å². The molecule has 1 aliphatic heterocycles. The van der Waals surface area contributed by atoms with E-state index in [-0.39, 0.29) is 12.4 Å². The first kappa shape index (κ1) is 14.1. The highest BCUT2D eigenvalue weighted by Gasteiger charge is 1.96. The minimum Gasteiger partial charge on any atom is -0.395 e. The zero-order valence-corrected chi connectivity index (χ0v) is 9.39. The topological polar surface area (TPSA) is 90.2 Å². The van der Waals surface area contributed by atoms with Crippen molar-refractivity contribution in [1.82, 2.24) is 4.90 Å². The van der Waals surface area contributed by atoms with Gasteiger partial charge in [-0.3, -0.25) is 9.55 Å². The number of aliphatic hydroxyl groups is 1. The average Bonchev–Trinajstić information content (AvgIpc) is 2.20. The van der Waals surface area contributed by atoms with E-state index in [1.54, 1.807) is 6.20 Å². The minimum atomic E-state index is -3.66. The molecule has 0 saturated heterocycles. The molecule has 0 aromatic carbocycles. The normalized spacial score (nSPS) is 14.7. The molecule has 0 spiro atoms. The van der Waals surface area contributed by atoms with Crippen LogP contribution in [0.5, 0.6) is 0 Å². The van der Waals surface area contributed by atoms with E-state index in [0.29, 0.717) is 6.54 Å². The van der Waals surface area contributed by atoms with Crippen LogP contribution in [0.15, 0.2) is 17.4 Å². The van der Waals surface area contributed by atoms with E-state index < -0.39 is 10.1 Å². The fourth-order valence-electron chi connectivity index (χ4n) is 0.701. The Morgan fingerprint density at radius 3 is 2.47 bits per heavy atom. The molecule has 0 amide bonds. The van der Waals surface area contributed by atoms with Crippen LogP contribution in [0, 0.1) is 0 Å². The summed E-state index contributed by atoms with van der Waals surface area (Å²) in [5.74, 6) is -0.201. The van der Waals surface area contributed by atoms with Gasteiger partial charge in [0.2, 0.25) is 0 Å². The van der Waals surface area contributed by atoms with Crippen molar-refractivity contribution >= 4 is 16.3 Å². The molecular formula is C8H16N2O4S. The Morgan fingerprint density at radius 1 is 1.53 bits per heavy atom. The molecule has 1 rings (SSSR count). The smallest absolute Gasteiger partial charge is 0.264 e. The molecular weight excluding hydrogens is 220 g/mol. The van der Waals surface area contributed by atoms with Crippen molar-refractivity contribution in [2.45, 2.75) is 6.92 Å². The van der Waals surface area contributed by atoms with E-state index in [1.807, 2.05) is 17.3 Å². The molecule has 0 aromatic heterocycles. The maximum absolute atomic E-state index is 9.56. The zero-order chi connectivity index (χ0) is 11.7. The standard InChI is InChI=1S/C6H10N2O.C2H6O3S/c9-6-5-8-3-1-7-2-4-8;1-2-6(3,4)5/h1-3,9H,4-6H2;2H2,1H3,(H,3,4,5). The van der Waals surface area contributed by atoms with Crippen molar-refractivity contribution in [2.24, 2.45) is 4.99 Å². The van der Waals surface area contributed by atoms with Gasteiger partial charge in [0, 0.05) is 25.2 Å². The van der Waals surface area contributed by atoms with Gasteiger partial charge in [-0.2, -0.15) is 8.42 Å². The summed E-state index contributed by atoms with van der Waals surface area (Å²) in [6.45, 7) is 3.09. The second-order valence-corrected chi connectivity index (χ2v) is 4.46. The predicted octanol–water partition coefficient (Wildman–Crippen LogP) is -0.270. The van der Waals surface area contributed by atoms with Crippen LogP contribution in [-0.4, -0.2) is 54.6 Å². The zero-order valence-electron chi connectivity index (χ0n) is 8.57. The molecule has 0 fully saturated rings. The number of hydrogen-bond donors (Lipinski definition) is 2. The van der Waals surface area contributed by atoms with E-state index in [2.05, 4.69) is 4.99 Å². The van der Waals surface area contributed by atoms with Crippen molar-refractivity contribution in [1.29, 1.82) is 0 Å². The van der Waals surface area contributed by atoms with Crippen LogP contribution in [0.3, 0.4) is 0 Å². The Bertz CT molecular complexity index is 311. The lowest BCUT2D eigenvalue weighted by molar-refractivity contribution is 0.247. The first-order valence-electron chi connectivity index (χ1n) is 4.48. The molecule has 0 unspecified atom stereocenters. The lowest BCUT2D eigenvalue weighted by Crippen LogP contribution is -2.24. The van der Waals surface area contributed by atoms with Gasteiger partial charge in [-0.15, -0.1) is 0 Å². The van der Waals surface area contributed by atoms with Crippen LogP contribution < -0.4 is 0 Å². The summed E-state index contributed by atoms with van der Waals surface area (Å²) < 4.78 is 26.9. The molecule has 0 bridgehead atoms. The van der Waals surface area contributed by atoms with Crippen LogP contribution in [-0.2, 0) is 10.1 Å². The highest BCUT2D eigenvalue weighted by molar-refractivity contribution is 7.85.